The number of H-pyrrole nitrogens is 2. The van der Waals surface area contributed by atoms with Crippen LogP contribution >= 0.6 is 11.8 Å². The van der Waals surface area contributed by atoms with Crippen molar-refractivity contribution in [2.45, 2.75) is 23.9 Å². The Morgan fingerprint density at radius 2 is 1.40 bits per heavy atom. The molecule has 2 atom stereocenters. The van der Waals surface area contributed by atoms with E-state index in [1.54, 1.807) is 18.1 Å². The van der Waals surface area contributed by atoms with Gasteiger partial charge in [-0.25, -0.2) is 9.78 Å². The molecule has 53 heavy (non-hydrogen) atoms. The van der Waals surface area contributed by atoms with E-state index < -0.39 is 17.4 Å². The number of aromatic nitrogens is 3. The summed E-state index contributed by atoms with van der Waals surface area (Å²) in [6.45, 7) is 0. The van der Waals surface area contributed by atoms with Gasteiger partial charge in [-0.05, 0) is 58.9 Å². The van der Waals surface area contributed by atoms with Crippen LogP contribution in [0.3, 0.4) is 0 Å². The first-order chi connectivity index (χ1) is 26.0. The minimum atomic E-state index is -0.774. The first kappa shape index (κ1) is 35.3. The van der Waals surface area contributed by atoms with E-state index in [4.69, 9.17) is 4.74 Å². The molecule has 0 spiro atoms. The number of hydrogen-bond acceptors (Lipinski definition) is 6. The average molecular weight is 720 g/mol. The van der Waals surface area contributed by atoms with Gasteiger partial charge in [-0.15, -0.1) is 0 Å². The van der Waals surface area contributed by atoms with Crippen LogP contribution < -0.4 is 10.6 Å². The van der Waals surface area contributed by atoms with Crippen molar-refractivity contribution >= 4 is 40.2 Å². The molecule has 7 rings (SSSR count). The van der Waals surface area contributed by atoms with Gasteiger partial charge >= 0.3 is 5.97 Å². The number of carbonyl (C=O) groups excluding carboxylic acids is 2. The largest absolute Gasteiger partial charge is 0.467 e. The van der Waals surface area contributed by atoms with Crippen LogP contribution in [0.1, 0.15) is 45.3 Å². The van der Waals surface area contributed by atoms with Gasteiger partial charge in [0.2, 0.25) is 0 Å². The number of imidazole rings is 1. The summed E-state index contributed by atoms with van der Waals surface area (Å²) in [7, 11) is 1.34. The molecule has 1 unspecified atom stereocenters. The first-order valence-corrected chi connectivity index (χ1v) is 18.9. The lowest BCUT2D eigenvalue weighted by atomic mass is 9.63. The maximum atomic E-state index is 14.0. The Morgan fingerprint density at radius 1 is 0.811 bits per heavy atom. The number of hydrogen-bond donors (Lipinski definition) is 4. The number of rotatable bonds is 14. The number of anilines is 1. The van der Waals surface area contributed by atoms with Crippen molar-refractivity contribution in [2.75, 3.05) is 24.4 Å². The Labute approximate surface area is 313 Å². The Bertz CT molecular complexity index is 2160. The van der Waals surface area contributed by atoms with Crippen molar-refractivity contribution in [3.63, 3.8) is 0 Å². The summed E-state index contributed by atoms with van der Waals surface area (Å²) in [5.41, 5.74) is 7.14. The predicted octanol–water partition coefficient (Wildman–Crippen LogP) is 8.77. The molecule has 0 aliphatic rings. The molecule has 0 fully saturated rings. The smallest absolute Gasteiger partial charge is 0.328 e. The third-order valence-corrected chi connectivity index (χ3v) is 10.4. The van der Waals surface area contributed by atoms with Crippen LogP contribution in [-0.4, -0.2) is 52.0 Å². The fourth-order valence-electron chi connectivity index (χ4n) is 7.33. The second-order valence-electron chi connectivity index (χ2n) is 12.8. The molecule has 0 aliphatic carbocycles. The number of methoxy groups -OCH3 is 1. The number of carbonyl (C=O) groups is 2. The minimum absolute atomic E-state index is 0.367. The number of nitrogens with one attached hydrogen (secondary N) is 4. The number of amides is 1. The van der Waals surface area contributed by atoms with Crippen molar-refractivity contribution in [2.24, 2.45) is 0 Å². The maximum absolute atomic E-state index is 14.0. The van der Waals surface area contributed by atoms with Crippen LogP contribution in [0.5, 0.6) is 0 Å². The Kier molecular flexibility index (Phi) is 10.7. The van der Waals surface area contributed by atoms with Crippen LogP contribution in [0.4, 0.5) is 5.69 Å². The third kappa shape index (κ3) is 7.08. The summed E-state index contributed by atoms with van der Waals surface area (Å²) in [4.78, 5) is 38.0. The maximum Gasteiger partial charge on any atom is 0.328 e. The minimum Gasteiger partial charge on any atom is -0.467 e. The highest BCUT2D eigenvalue weighted by molar-refractivity contribution is 7.98. The SMILES string of the molecule is COC(=O)[C@H](CCSC)NC(=O)c1[nH]c2ccc(NC(c3cnc[nH]3)C(c3ccccc3)(c3ccccc3)c3ccccc3)cc2c1-c1ccccc1. The van der Waals surface area contributed by atoms with Crippen LogP contribution in [0, 0.1) is 0 Å². The summed E-state index contributed by atoms with van der Waals surface area (Å²) in [6, 6.07) is 46.5. The fourth-order valence-corrected chi connectivity index (χ4v) is 7.80. The monoisotopic (exact) mass is 719 g/mol. The van der Waals surface area contributed by atoms with Crippen molar-refractivity contribution in [3.05, 3.63) is 180 Å². The predicted molar refractivity (Wildman–Crippen MR) is 214 cm³/mol. The second-order valence-corrected chi connectivity index (χ2v) is 13.8. The van der Waals surface area contributed by atoms with Crippen LogP contribution in [0.25, 0.3) is 22.0 Å². The Hall–Kier alpha value is -6.06. The number of benzene rings is 5. The number of nitrogens with zero attached hydrogens (tertiary/aromatic N) is 1. The van der Waals surface area contributed by atoms with Gasteiger partial charge in [-0.2, -0.15) is 11.8 Å². The molecular weight excluding hydrogens is 679 g/mol. The molecule has 4 N–H and O–H groups in total. The van der Waals surface area contributed by atoms with E-state index in [1.807, 2.05) is 73.1 Å². The highest BCUT2D eigenvalue weighted by atomic mass is 32.2. The summed E-state index contributed by atoms with van der Waals surface area (Å²) in [5, 5.41) is 7.76. The average Bonchev–Trinajstić information content (AvgIpc) is 3.89. The number of aromatic amines is 2. The molecule has 0 aliphatic heterocycles. The van der Waals surface area contributed by atoms with E-state index in [9.17, 15) is 9.59 Å². The molecule has 0 bridgehead atoms. The van der Waals surface area contributed by atoms with Crippen molar-refractivity contribution < 1.29 is 14.3 Å². The first-order valence-electron chi connectivity index (χ1n) is 17.5. The number of ether oxygens (including phenoxy) is 1. The molecular formula is C44H41N5O3S. The molecule has 2 heterocycles. The number of thioether (sulfide) groups is 1. The molecule has 5 aromatic carbocycles. The lowest BCUT2D eigenvalue weighted by molar-refractivity contribution is -0.142. The van der Waals surface area contributed by atoms with E-state index in [0.717, 1.165) is 50.1 Å². The Balaban J connectivity index is 1.40. The molecule has 8 nitrogen and oxygen atoms in total. The number of fused-ring (bicyclic) bond motifs is 1. The van der Waals surface area contributed by atoms with Gasteiger partial charge in [0.25, 0.3) is 5.91 Å². The van der Waals surface area contributed by atoms with E-state index in [0.29, 0.717) is 17.9 Å². The zero-order valence-corrected chi connectivity index (χ0v) is 30.4. The topological polar surface area (TPSA) is 112 Å². The van der Waals surface area contributed by atoms with Gasteiger partial charge in [0, 0.05) is 22.2 Å². The summed E-state index contributed by atoms with van der Waals surface area (Å²) >= 11 is 1.61. The fraction of sp³-hybridized carbons (Fsp3) is 0.159. The van der Waals surface area contributed by atoms with Crippen molar-refractivity contribution in [1.82, 2.24) is 20.3 Å². The highest BCUT2D eigenvalue weighted by Gasteiger charge is 2.45. The molecule has 9 heteroatoms. The molecule has 0 radical (unpaired) electrons. The highest BCUT2D eigenvalue weighted by Crippen LogP contribution is 2.50. The van der Waals surface area contributed by atoms with Gasteiger partial charge in [0.05, 0.1) is 36.8 Å². The van der Waals surface area contributed by atoms with Crippen LogP contribution in [0.15, 0.2) is 152 Å². The van der Waals surface area contributed by atoms with E-state index in [-0.39, 0.29) is 11.9 Å². The molecule has 2 aromatic heterocycles. The van der Waals surface area contributed by atoms with Gasteiger partial charge in [0.1, 0.15) is 11.7 Å². The van der Waals surface area contributed by atoms with Crippen LogP contribution in [0.2, 0.25) is 0 Å². The van der Waals surface area contributed by atoms with Gasteiger partial charge in [-0.3, -0.25) is 4.79 Å². The third-order valence-electron chi connectivity index (χ3n) is 9.75. The quantitative estimate of drug-likeness (QED) is 0.0661. The summed E-state index contributed by atoms with van der Waals surface area (Å²) in [5.74, 6) is -0.154. The van der Waals surface area contributed by atoms with Crippen LogP contribution in [-0.2, 0) is 14.9 Å². The standard InChI is InChI=1S/C44H41N5O3S/c1-52-43(51)37(25-26-53-2)49-42(50)40-39(30-15-7-3-8-16-30)35-27-34(23-24-36(35)48-40)47-41(38-28-45-29-46-38)44(31-17-9-4-10-18-31,32-19-11-5-12-20-32)33-21-13-6-14-22-33/h3-24,27-29,37,41,47-48H,25-26H2,1-2H3,(H,45,46)(H,49,50)/t37-,41?/m0/s1. The lowest BCUT2D eigenvalue weighted by Gasteiger charge is -2.43. The second kappa shape index (κ2) is 16.1. The normalized spacial score (nSPS) is 12.6. The lowest BCUT2D eigenvalue weighted by Crippen LogP contribution is -2.42. The van der Waals surface area contributed by atoms with Crippen molar-refractivity contribution in [3.8, 4) is 11.1 Å². The molecule has 0 saturated heterocycles. The van der Waals surface area contributed by atoms with Crippen molar-refractivity contribution in [1.29, 1.82) is 0 Å². The van der Waals surface area contributed by atoms with E-state index >= 15 is 0 Å². The number of esters is 1. The Morgan fingerprint density at radius 3 is 1.92 bits per heavy atom. The zero-order valence-electron chi connectivity index (χ0n) is 29.6. The van der Waals surface area contributed by atoms with E-state index in [2.05, 4.69) is 104 Å². The van der Waals surface area contributed by atoms with Gasteiger partial charge in [-0.1, -0.05) is 121 Å². The molecule has 7 aromatic rings. The molecule has 0 saturated carbocycles. The van der Waals surface area contributed by atoms with E-state index in [1.165, 1.54) is 7.11 Å². The van der Waals surface area contributed by atoms with Gasteiger partial charge in [0.15, 0.2) is 0 Å². The summed E-state index contributed by atoms with van der Waals surface area (Å²) in [6.07, 6.45) is 6.01. The molecule has 266 valence electrons. The summed E-state index contributed by atoms with van der Waals surface area (Å²) < 4.78 is 5.04. The molecule has 1 amide bonds. The van der Waals surface area contributed by atoms with Gasteiger partial charge < -0.3 is 25.3 Å². The zero-order chi connectivity index (χ0) is 36.6.